The second kappa shape index (κ2) is 4.69. The zero-order valence-corrected chi connectivity index (χ0v) is 10.4. The van der Waals surface area contributed by atoms with Gasteiger partial charge in [-0.15, -0.1) is 0 Å². The Labute approximate surface area is 103 Å². The Morgan fingerprint density at radius 2 is 2.12 bits per heavy atom. The number of hydrogen-bond acceptors (Lipinski definition) is 2. The van der Waals surface area contributed by atoms with Crippen LogP contribution in [0.1, 0.15) is 24.8 Å². The van der Waals surface area contributed by atoms with E-state index >= 15 is 0 Å². The molecule has 0 spiro atoms. The first-order valence-corrected chi connectivity index (χ1v) is 6.61. The Bertz CT molecular complexity index is 371. The summed E-state index contributed by atoms with van der Waals surface area (Å²) in [6, 6.07) is 8.45. The topological polar surface area (TPSA) is 18.5 Å². The quantitative estimate of drug-likeness (QED) is 0.797. The van der Waals surface area contributed by atoms with Gasteiger partial charge < -0.3 is 9.47 Å². The summed E-state index contributed by atoms with van der Waals surface area (Å²) in [6.45, 7) is 0.972. The molecule has 0 unspecified atom stereocenters. The number of fused-ring (bicyclic) bond motifs is 1. The first-order valence-electron chi connectivity index (χ1n) is 6.61. The van der Waals surface area contributed by atoms with Gasteiger partial charge in [0.15, 0.2) is 0 Å². The van der Waals surface area contributed by atoms with E-state index in [1.807, 2.05) is 12.1 Å². The monoisotopic (exact) mass is 232 g/mol. The first-order chi connectivity index (χ1) is 8.36. The minimum absolute atomic E-state index is 0.547. The fourth-order valence-electron chi connectivity index (χ4n) is 3.23. The number of rotatable bonds is 3. The summed E-state index contributed by atoms with van der Waals surface area (Å²) in [5.74, 6) is 2.54. The molecule has 2 heteroatoms. The molecule has 2 fully saturated rings. The van der Waals surface area contributed by atoms with Gasteiger partial charge in [-0.3, -0.25) is 0 Å². The molecule has 1 aliphatic heterocycles. The second-order valence-corrected chi connectivity index (χ2v) is 5.29. The summed E-state index contributed by atoms with van der Waals surface area (Å²) < 4.78 is 11.1. The minimum Gasteiger partial charge on any atom is -0.497 e. The zero-order valence-electron chi connectivity index (χ0n) is 10.4. The van der Waals surface area contributed by atoms with Crippen LogP contribution in [0.3, 0.4) is 0 Å². The fraction of sp³-hybridized carbons (Fsp3) is 0.600. The van der Waals surface area contributed by atoms with Gasteiger partial charge >= 0.3 is 0 Å². The highest BCUT2D eigenvalue weighted by Gasteiger charge is 2.42. The van der Waals surface area contributed by atoms with Crippen LogP contribution in [0.2, 0.25) is 0 Å². The molecule has 2 nitrogen and oxygen atoms in total. The van der Waals surface area contributed by atoms with Gasteiger partial charge in [0.1, 0.15) is 5.75 Å². The zero-order chi connectivity index (χ0) is 11.7. The van der Waals surface area contributed by atoms with Gasteiger partial charge in [0.05, 0.1) is 13.2 Å². The summed E-state index contributed by atoms with van der Waals surface area (Å²) in [5.41, 5.74) is 1.41. The highest BCUT2D eigenvalue weighted by atomic mass is 16.5. The van der Waals surface area contributed by atoms with Crippen LogP contribution in [0.5, 0.6) is 5.75 Å². The molecule has 3 rings (SSSR count). The first kappa shape index (κ1) is 11.1. The minimum atomic E-state index is 0.547. The van der Waals surface area contributed by atoms with Gasteiger partial charge in [0.25, 0.3) is 0 Å². The highest BCUT2D eigenvalue weighted by Crippen LogP contribution is 2.43. The lowest BCUT2D eigenvalue weighted by molar-refractivity contribution is -0.126. The van der Waals surface area contributed by atoms with Crippen LogP contribution in [0, 0.1) is 11.8 Å². The average Bonchev–Trinajstić information content (AvgIpc) is 2.37. The van der Waals surface area contributed by atoms with Crippen molar-refractivity contribution in [1.29, 1.82) is 0 Å². The van der Waals surface area contributed by atoms with Crippen molar-refractivity contribution in [3.05, 3.63) is 29.8 Å². The van der Waals surface area contributed by atoms with Crippen LogP contribution in [-0.4, -0.2) is 19.8 Å². The maximum atomic E-state index is 5.88. The van der Waals surface area contributed by atoms with Crippen molar-refractivity contribution in [2.75, 3.05) is 13.7 Å². The van der Waals surface area contributed by atoms with E-state index in [1.54, 1.807) is 7.11 Å². The van der Waals surface area contributed by atoms with Crippen molar-refractivity contribution in [3.8, 4) is 5.75 Å². The maximum Gasteiger partial charge on any atom is 0.118 e. The summed E-state index contributed by atoms with van der Waals surface area (Å²) in [6.07, 6.45) is 5.70. The second-order valence-electron chi connectivity index (χ2n) is 5.29. The van der Waals surface area contributed by atoms with Crippen LogP contribution >= 0.6 is 0 Å². The van der Waals surface area contributed by atoms with E-state index in [-0.39, 0.29) is 0 Å². The maximum absolute atomic E-state index is 5.88. The number of ether oxygens (including phenoxy) is 2. The standard InChI is InChI=1S/C15H20O2/c1-16-14-6-4-11(5-7-14)9-13-10-12-3-2-8-17-15(12)13/h4-7,12-13,15H,2-3,8-10H2,1H3/t12-,13-,15-/m1/s1. The fourth-order valence-corrected chi connectivity index (χ4v) is 3.23. The van der Waals surface area contributed by atoms with Crippen LogP contribution in [-0.2, 0) is 11.2 Å². The molecule has 1 aromatic carbocycles. The Morgan fingerprint density at radius 3 is 2.82 bits per heavy atom. The Balaban J connectivity index is 1.59. The molecule has 0 radical (unpaired) electrons. The summed E-state index contributed by atoms with van der Waals surface area (Å²) in [7, 11) is 1.71. The normalized spacial score (nSPS) is 31.5. The predicted octanol–water partition coefficient (Wildman–Crippen LogP) is 3.05. The molecular formula is C15H20O2. The van der Waals surface area contributed by atoms with Crippen molar-refractivity contribution in [2.24, 2.45) is 11.8 Å². The molecule has 0 bridgehead atoms. The molecule has 2 aliphatic rings. The number of benzene rings is 1. The van der Waals surface area contributed by atoms with E-state index in [4.69, 9.17) is 9.47 Å². The lowest BCUT2D eigenvalue weighted by atomic mass is 9.66. The van der Waals surface area contributed by atoms with Gasteiger partial charge in [-0.2, -0.15) is 0 Å². The lowest BCUT2D eigenvalue weighted by Gasteiger charge is -2.47. The molecule has 92 valence electrons. The van der Waals surface area contributed by atoms with E-state index < -0.39 is 0 Å². The molecule has 1 saturated heterocycles. The predicted molar refractivity (Wildman–Crippen MR) is 67.3 cm³/mol. The summed E-state index contributed by atoms with van der Waals surface area (Å²) >= 11 is 0. The third kappa shape index (κ3) is 2.19. The lowest BCUT2D eigenvalue weighted by Crippen LogP contribution is -2.47. The summed E-state index contributed by atoms with van der Waals surface area (Å²) in [5, 5.41) is 0. The van der Waals surface area contributed by atoms with Crippen LogP contribution in [0.15, 0.2) is 24.3 Å². The molecule has 0 aromatic heterocycles. The van der Waals surface area contributed by atoms with Gasteiger partial charge in [-0.25, -0.2) is 0 Å². The van der Waals surface area contributed by atoms with Crippen molar-refractivity contribution in [2.45, 2.75) is 31.8 Å². The van der Waals surface area contributed by atoms with Gasteiger partial charge in [0.2, 0.25) is 0 Å². The molecule has 3 atom stereocenters. The van der Waals surface area contributed by atoms with Gasteiger partial charge in [-0.1, -0.05) is 12.1 Å². The average molecular weight is 232 g/mol. The molecule has 1 aromatic rings. The molecule has 17 heavy (non-hydrogen) atoms. The molecular weight excluding hydrogens is 212 g/mol. The smallest absolute Gasteiger partial charge is 0.118 e. The Hall–Kier alpha value is -1.02. The van der Waals surface area contributed by atoms with E-state index in [0.717, 1.165) is 30.6 Å². The molecule has 1 aliphatic carbocycles. The van der Waals surface area contributed by atoms with Crippen LogP contribution in [0.25, 0.3) is 0 Å². The Kier molecular flexibility index (Phi) is 3.06. The van der Waals surface area contributed by atoms with Crippen molar-refractivity contribution >= 4 is 0 Å². The third-order valence-corrected chi connectivity index (χ3v) is 4.22. The van der Waals surface area contributed by atoms with Gasteiger partial charge in [0, 0.05) is 6.61 Å². The number of methoxy groups -OCH3 is 1. The van der Waals surface area contributed by atoms with Crippen LogP contribution < -0.4 is 4.74 Å². The highest BCUT2D eigenvalue weighted by molar-refractivity contribution is 5.27. The Morgan fingerprint density at radius 1 is 1.29 bits per heavy atom. The van der Waals surface area contributed by atoms with E-state index in [1.165, 1.54) is 24.8 Å². The van der Waals surface area contributed by atoms with Crippen molar-refractivity contribution < 1.29 is 9.47 Å². The third-order valence-electron chi connectivity index (χ3n) is 4.22. The van der Waals surface area contributed by atoms with E-state index in [0.29, 0.717) is 6.10 Å². The molecule has 0 N–H and O–H groups in total. The summed E-state index contributed by atoms with van der Waals surface area (Å²) in [4.78, 5) is 0. The van der Waals surface area contributed by atoms with Gasteiger partial charge in [-0.05, 0) is 55.2 Å². The van der Waals surface area contributed by atoms with E-state index in [2.05, 4.69) is 12.1 Å². The largest absolute Gasteiger partial charge is 0.497 e. The van der Waals surface area contributed by atoms with Crippen molar-refractivity contribution in [3.63, 3.8) is 0 Å². The molecule has 1 saturated carbocycles. The van der Waals surface area contributed by atoms with Crippen LogP contribution in [0.4, 0.5) is 0 Å². The number of hydrogen-bond donors (Lipinski definition) is 0. The SMILES string of the molecule is COc1ccc(C[C@@H]2C[C@H]3CCCO[C@H]32)cc1. The molecule has 0 amide bonds. The molecule has 1 heterocycles. The van der Waals surface area contributed by atoms with Crippen molar-refractivity contribution in [1.82, 2.24) is 0 Å². The van der Waals surface area contributed by atoms with E-state index in [9.17, 15) is 0 Å².